The fourth-order valence-corrected chi connectivity index (χ4v) is 1.41. The summed E-state index contributed by atoms with van der Waals surface area (Å²) in [7, 11) is 1.55. The number of nitrogen functional groups attached to an aromatic ring is 1. The normalized spacial score (nSPS) is 10.2. The Morgan fingerprint density at radius 1 is 1.40 bits per heavy atom. The van der Waals surface area contributed by atoms with E-state index >= 15 is 0 Å². The van der Waals surface area contributed by atoms with Gasteiger partial charge in [0, 0.05) is 6.07 Å². The largest absolute Gasteiger partial charge is 0.494 e. The third kappa shape index (κ3) is 1.59. The summed E-state index contributed by atoms with van der Waals surface area (Å²) in [6, 6.07) is 8.53. The molecule has 5 heteroatoms. The van der Waals surface area contributed by atoms with Gasteiger partial charge in [0.05, 0.1) is 7.11 Å². The first-order valence-electron chi connectivity index (χ1n) is 4.43. The fourth-order valence-electron chi connectivity index (χ4n) is 1.41. The van der Waals surface area contributed by atoms with Crippen molar-refractivity contribution in [2.75, 3.05) is 12.8 Å². The monoisotopic (exact) mass is 205 g/mol. The number of benzene rings is 1. The van der Waals surface area contributed by atoms with Crippen molar-refractivity contribution in [2.45, 2.75) is 0 Å². The van der Waals surface area contributed by atoms with Crippen LogP contribution in [-0.4, -0.2) is 16.9 Å². The van der Waals surface area contributed by atoms with Gasteiger partial charge in [-0.3, -0.25) is 9.89 Å². The van der Waals surface area contributed by atoms with Crippen LogP contribution < -0.4 is 16.0 Å². The number of aromatic nitrogens is 2. The summed E-state index contributed by atoms with van der Waals surface area (Å²) >= 11 is 0. The molecule has 1 aromatic carbocycles. The van der Waals surface area contributed by atoms with Crippen molar-refractivity contribution >= 4 is 5.82 Å². The molecule has 0 atom stereocenters. The van der Waals surface area contributed by atoms with Crippen LogP contribution in [0.1, 0.15) is 0 Å². The van der Waals surface area contributed by atoms with Crippen molar-refractivity contribution in [1.29, 1.82) is 0 Å². The summed E-state index contributed by atoms with van der Waals surface area (Å²) in [5.41, 5.74) is 5.92. The van der Waals surface area contributed by atoms with Crippen LogP contribution in [0.5, 0.6) is 5.75 Å². The molecule has 3 N–H and O–H groups in total. The van der Waals surface area contributed by atoms with Crippen molar-refractivity contribution in [3.63, 3.8) is 0 Å². The summed E-state index contributed by atoms with van der Waals surface area (Å²) in [4.78, 5) is 11.5. The number of aromatic amines is 1. The molecule has 5 nitrogen and oxygen atoms in total. The maximum absolute atomic E-state index is 11.5. The van der Waals surface area contributed by atoms with Gasteiger partial charge in [-0.15, -0.1) is 0 Å². The highest BCUT2D eigenvalue weighted by molar-refractivity contribution is 5.46. The lowest BCUT2D eigenvalue weighted by molar-refractivity contribution is 0.411. The van der Waals surface area contributed by atoms with E-state index in [4.69, 9.17) is 10.5 Å². The van der Waals surface area contributed by atoms with Gasteiger partial charge in [0.1, 0.15) is 17.3 Å². The maximum Gasteiger partial charge on any atom is 0.273 e. The van der Waals surface area contributed by atoms with E-state index in [1.54, 1.807) is 19.2 Å². The lowest BCUT2D eigenvalue weighted by Gasteiger charge is -2.07. The van der Waals surface area contributed by atoms with E-state index in [0.29, 0.717) is 17.3 Å². The van der Waals surface area contributed by atoms with Gasteiger partial charge in [-0.05, 0) is 12.1 Å². The molecule has 2 rings (SSSR count). The molecule has 0 aliphatic heterocycles. The second-order valence-corrected chi connectivity index (χ2v) is 3.06. The predicted molar refractivity (Wildman–Crippen MR) is 57.4 cm³/mol. The number of ether oxygens (including phenoxy) is 1. The molecule has 0 bridgehead atoms. The third-order valence-electron chi connectivity index (χ3n) is 2.07. The predicted octanol–water partition coefficient (Wildman–Crippen LogP) is 0.756. The van der Waals surface area contributed by atoms with Crippen LogP contribution in [0.25, 0.3) is 5.69 Å². The quantitative estimate of drug-likeness (QED) is 0.760. The van der Waals surface area contributed by atoms with Crippen LogP contribution in [0, 0.1) is 0 Å². The highest BCUT2D eigenvalue weighted by atomic mass is 16.5. The molecule has 1 aromatic heterocycles. The summed E-state index contributed by atoms with van der Waals surface area (Å²) < 4.78 is 6.48. The number of nitrogens with zero attached hydrogens (tertiary/aromatic N) is 1. The lowest BCUT2D eigenvalue weighted by Crippen LogP contribution is -2.14. The van der Waals surface area contributed by atoms with Gasteiger partial charge < -0.3 is 10.5 Å². The smallest absolute Gasteiger partial charge is 0.273 e. The molecule has 0 aliphatic carbocycles. The van der Waals surface area contributed by atoms with Gasteiger partial charge in [-0.2, -0.15) is 0 Å². The molecule has 0 saturated heterocycles. The minimum atomic E-state index is -0.211. The number of H-pyrrole nitrogens is 1. The van der Waals surface area contributed by atoms with Crippen molar-refractivity contribution < 1.29 is 4.74 Å². The van der Waals surface area contributed by atoms with Crippen LogP contribution in [0.3, 0.4) is 0 Å². The highest BCUT2D eigenvalue weighted by Gasteiger charge is 2.07. The molecule has 0 radical (unpaired) electrons. The van der Waals surface area contributed by atoms with Crippen LogP contribution in [0.15, 0.2) is 35.1 Å². The molecule has 1 heterocycles. The van der Waals surface area contributed by atoms with Crippen LogP contribution >= 0.6 is 0 Å². The zero-order valence-electron chi connectivity index (χ0n) is 8.23. The molecule has 78 valence electrons. The van der Waals surface area contributed by atoms with Crippen molar-refractivity contribution in [1.82, 2.24) is 9.78 Å². The molecule has 0 fully saturated rings. The first kappa shape index (κ1) is 9.39. The second kappa shape index (κ2) is 3.53. The van der Waals surface area contributed by atoms with Crippen LogP contribution in [0.4, 0.5) is 5.82 Å². The number of hydrogen-bond donors (Lipinski definition) is 2. The Kier molecular flexibility index (Phi) is 2.21. The van der Waals surface area contributed by atoms with Crippen molar-refractivity contribution in [3.8, 4) is 11.4 Å². The second-order valence-electron chi connectivity index (χ2n) is 3.06. The van der Waals surface area contributed by atoms with Crippen LogP contribution in [-0.2, 0) is 0 Å². The average molecular weight is 205 g/mol. The van der Waals surface area contributed by atoms with Gasteiger partial charge in [0.25, 0.3) is 5.56 Å². The van der Waals surface area contributed by atoms with E-state index in [2.05, 4.69) is 5.10 Å². The lowest BCUT2D eigenvalue weighted by atomic mass is 10.3. The third-order valence-corrected chi connectivity index (χ3v) is 2.07. The van der Waals surface area contributed by atoms with E-state index < -0.39 is 0 Å². The minimum absolute atomic E-state index is 0.211. The van der Waals surface area contributed by atoms with Crippen molar-refractivity contribution in [2.24, 2.45) is 0 Å². The van der Waals surface area contributed by atoms with Gasteiger partial charge in [-0.1, -0.05) is 12.1 Å². The Hall–Kier alpha value is -2.17. The Morgan fingerprint density at radius 2 is 2.13 bits per heavy atom. The molecule has 0 aliphatic rings. The van der Waals surface area contributed by atoms with Gasteiger partial charge in [0.2, 0.25) is 0 Å². The van der Waals surface area contributed by atoms with Crippen LogP contribution in [0.2, 0.25) is 0 Å². The minimum Gasteiger partial charge on any atom is -0.494 e. The summed E-state index contributed by atoms with van der Waals surface area (Å²) in [5, 5.41) is 2.74. The molecule has 0 spiro atoms. The Balaban J connectivity index is 2.63. The topological polar surface area (TPSA) is 73.0 Å². The van der Waals surface area contributed by atoms with E-state index in [9.17, 15) is 4.79 Å². The van der Waals surface area contributed by atoms with E-state index in [0.717, 1.165) is 0 Å². The first-order valence-corrected chi connectivity index (χ1v) is 4.43. The maximum atomic E-state index is 11.5. The summed E-state index contributed by atoms with van der Waals surface area (Å²) in [6.45, 7) is 0. The zero-order chi connectivity index (χ0) is 10.8. The van der Waals surface area contributed by atoms with Crippen molar-refractivity contribution in [3.05, 3.63) is 40.7 Å². The number of rotatable bonds is 2. The number of anilines is 1. The molecule has 2 aromatic rings. The number of methoxy groups -OCH3 is 1. The fraction of sp³-hybridized carbons (Fsp3) is 0.100. The SMILES string of the molecule is COc1ccccc1-n1[nH]c(N)cc1=O. The van der Waals surface area contributed by atoms with Gasteiger partial charge in [0.15, 0.2) is 0 Å². The Labute approximate surface area is 86.1 Å². The van der Waals surface area contributed by atoms with E-state index in [-0.39, 0.29) is 5.56 Å². The molecule has 0 amide bonds. The van der Waals surface area contributed by atoms with E-state index in [1.165, 1.54) is 10.7 Å². The molecule has 0 saturated carbocycles. The van der Waals surface area contributed by atoms with E-state index in [1.807, 2.05) is 12.1 Å². The summed E-state index contributed by atoms with van der Waals surface area (Å²) in [5.74, 6) is 0.937. The van der Waals surface area contributed by atoms with Gasteiger partial charge in [-0.25, -0.2) is 4.68 Å². The standard InChI is InChI=1S/C10H11N3O2/c1-15-8-5-3-2-4-7(8)13-10(14)6-9(11)12-13/h2-6,12H,11H2,1H3. The highest BCUT2D eigenvalue weighted by Crippen LogP contribution is 2.19. The molecule has 15 heavy (non-hydrogen) atoms. The number of hydrogen-bond acceptors (Lipinski definition) is 3. The number of nitrogens with two attached hydrogens (primary N) is 1. The van der Waals surface area contributed by atoms with Gasteiger partial charge >= 0.3 is 0 Å². The zero-order valence-corrected chi connectivity index (χ0v) is 8.23. The number of nitrogens with one attached hydrogen (secondary N) is 1. The summed E-state index contributed by atoms with van der Waals surface area (Å²) in [6.07, 6.45) is 0. The number of para-hydroxylation sites is 2. The first-order chi connectivity index (χ1) is 7.22. The average Bonchev–Trinajstić information content (AvgIpc) is 2.57. The molecular weight excluding hydrogens is 194 g/mol. The Morgan fingerprint density at radius 3 is 2.73 bits per heavy atom. The molecular formula is C10H11N3O2. The Bertz CT molecular complexity index is 527. The molecule has 0 unspecified atom stereocenters.